The van der Waals surface area contributed by atoms with Crippen molar-refractivity contribution in [3.05, 3.63) is 5.28 Å². The van der Waals surface area contributed by atoms with Crippen molar-refractivity contribution in [2.45, 2.75) is 27.2 Å². The maximum absolute atomic E-state index is 6.03. The molecular formula is C14H27ClN6. The van der Waals surface area contributed by atoms with Gasteiger partial charge in [0.05, 0.1) is 0 Å². The average Bonchev–Trinajstić information content (AvgIpc) is 2.40. The Morgan fingerprint density at radius 2 is 1.86 bits per heavy atom. The van der Waals surface area contributed by atoms with Gasteiger partial charge in [-0.25, -0.2) is 0 Å². The van der Waals surface area contributed by atoms with Gasteiger partial charge in [0.15, 0.2) is 0 Å². The van der Waals surface area contributed by atoms with Gasteiger partial charge in [0.2, 0.25) is 17.2 Å². The molecule has 21 heavy (non-hydrogen) atoms. The normalized spacial score (nSPS) is 11.2. The number of anilines is 2. The summed E-state index contributed by atoms with van der Waals surface area (Å²) in [5.74, 6) is 1.71. The number of nitrogens with zero attached hydrogens (tertiary/aromatic N) is 5. The lowest BCUT2D eigenvalue weighted by Gasteiger charge is -2.26. The van der Waals surface area contributed by atoms with Gasteiger partial charge in [-0.3, -0.25) is 0 Å². The predicted octanol–water partition coefficient (Wildman–Crippen LogP) is 2.37. The Morgan fingerprint density at radius 3 is 2.43 bits per heavy atom. The van der Waals surface area contributed by atoms with Crippen molar-refractivity contribution in [1.82, 2.24) is 19.9 Å². The van der Waals surface area contributed by atoms with E-state index in [1.807, 2.05) is 0 Å². The first-order valence-electron chi connectivity index (χ1n) is 7.47. The Hall–Kier alpha value is -1.14. The van der Waals surface area contributed by atoms with E-state index in [1.54, 1.807) is 0 Å². The van der Waals surface area contributed by atoms with Crippen molar-refractivity contribution < 1.29 is 0 Å². The van der Waals surface area contributed by atoms with Crippen LogP contribution in [0.1, 0.15) is 27.2 Å². The molecule has 0 fully saturated rings. The Bertz CT molecular complexity index is 424. The molecule has 0 amide bonds. The second-order valence-electron chi connectivity index (χ2n) is 5.80. The molecule has 1 N–H and O–H groups in total. The van der Waals surface area contributed by atoms with Crippen molar-refractivity contribution in [2.24, 2.45) is 5.92 Å². The first-order chi connectivity index (χ1) is 9.92. The molecule has 0 aliphatic carbocycles. The predicted molar refractivity (Wildman–Crippen MR) is 89.2 cm³/mol. The van der Waals surface area contributed by atoms with Crippen LogP contribution in [0.5, 0.6) is 0 Å². The number of nitrogens with one attached hydrogen (secondary N) is 1. The number of hydrogen-bond donors (Lipinski definition) is 1. The highest BCUT2D eigenvalue weighted by Crippen LogP contribution is 2.15. The molecule has 0 bridgehead atoms. The molecule has 120 valence electrons. The molecule has 0 saturated heterocycles. The topological polar surface area (TPSA) is 57.2 Å². The molecule has 0 aromatic carbocycles. The smallest absolute Gasteiger partial charge is 0.231 e. The number of hydrogen-bond acceptors (Lipinski definition) is 6. The molecule has 0 aliphatic rings. The van der Waals surface area contributed by atoms with E-state index in [2.05, 4.69) is 64.9 Å². The van der Waals surface area contributed by atoms with E-state index in [9.17, 15) is 0 Å². The van der Waals surface area contributed by atoms with Crippen LogP contribution in [-0.2, 0) is 0 Å². The third-order valence-corrected chi connectivity index (χ3v) is 2.98. The van der Waals surface area contributed by atoms with Crippen LogP contribution in [0, 0.1) is 5.92 Å². The summed E-state index contributed by atoms with van der Waals surface area (Å²) in [4.78, 5) is 17.2. The van der Waals surface area contributed by atoms with Crippen molar-refractivity contribution in [3.63, 3.8) is 0 Å². The molecule has 0 atom stereocenters. The molecule has 0 aliphatic heterocycles. The Balaban J connectivity index is 2.90. The van der Waals surface area contributed by atoms with Gasteiger partial charge in [-0.2, -0.15) is 15.0 Å². The molecule has 0 radical (unpaired) electrons. The fraction of sp³-hybridized carbons (Fsp3) is 0.786. The highest BCUT2D eigenvalue weighted by molar-refractivity contribution is 6.28. The Labute approximate surface area is 132 Å². The van der Waals surface area contributed by atoms with Crippen molar-refractivity contribution in [3.8, 4) is 0 Å². The molecule has 7 heteroatoms. The molecule has 0 unspecified atom stereocenters. The molecule has 1 rings (SSSR count). The van der Waals surface area contributed by atoms with Gasteiger partial charge in [-0.05, 0) is 38.0 Å². The van der Waals surface area contributed by atoms with Crippen LogP contribution >= 0.6 is 11.6 Å². The van der Waals surface area contributed by atoms with Crippen LogP contribution in [0.25, 0.3) is 0 Å². The van der Waals surface area contributed by atoms with E-state index in [-0.39, 0.29) is 5.28 Å². The van der Waals surface area contributed by atoms with Gasteiger partial charge in [0, 0.05) is 26.2 Å². The zero-order valence-electron chi connectivity index (χ0n) is 13.7. The lowest BCUT2D eigenvalue weighted by Crippen LogP contribution is -2.35. The van der Waals surface area contributed by atoms with Crippen LogP contribution in [0.4, 0.5) is 11.9 Å². The summed E-state index contributed by atoms with van der Waals surface area (Å²) < 4.78 is 0. The van der Waals surface area contributed by atoms with E-state index < -0.39 is 0 Å². The molecular weight excluding hydrogens is 288 g/mol. The minimum atomic E-state index is 0.234. The second kappa shape index (κ2) is 9.00. The minimum Gasteiger partial charge on any atom is -0.354 e. The van der Waals surface area contributed by atoms with Crippen LogP contribution in [0.3, 0.4) is 0 Å². The van der Waals surface area contributed by atoms with Gasteiger partial charge in [0.1, 0.15) is 0 Å². The minimum absolute atomic E-state index is 0.234. The standard InChI is InChI=1S/C14H27ClN6/c1-6-7-16-13-17-12(15)18-14(19-13)21(10-11(2)3)9-8-20(4)5/h11H,6-10H2,1-5H3,(H,16,17,18,19). The van der Waals surface area contributed by atoms with Crippen LogP contribution in [0.2, 0.25) is 5.28 Å². The summed E-state index contributed by atoms with van der Waals surface area (Å²) in [6, 6.07) is 0. The Kier molecular flexibility index (Phi) is 7.67. The van der Waals surface area contributed by atoms with Gasteiger partial charge in [0.25, 0.3) is 0 Å². The quantitative estimate of drug-likeness (QED) is 0.755. The molecule has 1 aromatic rings. The van der Waals surface area contributed by atoms with Crippen molar-refractivity contribution >= 4 is 23.5 Å². The van der Waals surface area contributed by atoms with E-state index >= 15 is 0 Å². The SMILES string of the molecule is CCCNc1nc(Cl)nc(N(CCN(C)C)CC(C)C)n1. The van der Waals surface area contributed by atoms with Crippen LogP contribution in [0.15, 0.2) is 0 Å². The first kappa shape index (κ1) is 17.9. The lowest BCUT2D eigenvalue weighted by atomic mass is 10.2. The summed E-state index contributed by atoms with van der Waals surface area (Å²) in [6.07, 6.45) is 1.01. The number of likely N-dealkylation sites (N-methyl/N-ethyl adjacent to an activating group) is 1. The lowest BCUT2D eigenvalue weighted by molar-refractivity contribution is 0.407. The summed E-state index contributed by atoms with van der Waals surface area (Å²) in [5, 5.41) is 3.40. The third-order valence-electron chi connectivity index (χ3n) is 2.81. The van der Waals surface area contributed by atoms with Crippen molar-refractivity contribution in [1.29, 1.82) is 0 Å². The van der Waals surface area contributed by atoms with Crippen LogP contribution in [-0.4, -0.2) is 60.1 Å². The van der Waals surface area contributed by atoms with Crippen molar-refractivity contribution in [2.75, 3.05) is 50.5 Å². The summed E-state index contributed by atoms with van der Waals surface area (Å²) in [5.41, 5.74) is 0. The van der Waals surface area contributed by atoms with Gasteiger partial charge < -0.3 is 15.1 Å². The molecule has 0 saturated carbocycles. The van der Waals surface area contributed by atoms with Gasteiger partial charge in [-0.15, -0.1) is 0 Å². The van der Waals surface area contributed by atoms with Crippen LogP contribution < -0.4 is 10.2 Å². The first-order valence-corrected chi connectivity index (χ1v) is 7.85. The third kappa shape index (κ3) is 6.91. The second-order valence-corrected chi connectivity index (χ2v) is 6.14. The van der Waals surface area contributed by atoms with Gasteiger partial charge >= 0.3 is 0 Å². The zero-order valence-corrected chi connectivity index (χ0v) is 14.5. The van der Waals surface area contributed by atoms with E-state index in [0.29, 0.717) is 17.8 Å². The number of halogens is 1. The largest absolute Gasteiger partial charge is 0.354 e. The molecule has 6 nitrogen and oxygen atoms in total. The Morgan fingerprint density at radius 1 is 1.14 bits per heavy atom. The summed E-state index contributed by atoms with van der Waals surface area (Å²) in [7, 11) is 4.12. The highest BCUT2D eigenvalue weighted by Gasteiger charge is 2.14. The monoisotopic (exact) mass is 314 g/mol. The zero-order chi connectivity index (χ0) is 15.8. The number of aromatic nitrogens is 3. The molecule has 0 spiro atoms. The summed E-state index contributed by atoms with van der Waals surface area (Å²) >= 11 is 6.03. The maximum atomic E-state index is 6.03. The average molecular weight is 315 g/mol. The fourth-order valence-electron chi connectivity index (χ4n) is 1.83. The number of rotatable bonds is 9. The molecule has 1 aromatic heterocycles. The summed E-state index contributed by atoms with van der Waals surface area (Å²) in [6.45, 7) is 9.97. The fourth-order valence-corrected chi connectivity index (χ4v) is 1.99. The molecule has 1 heterocycles. The van der Waals surface area contributed by atoms with E-state index in [1.165, 1.54) is 0 Å². The van der Waals surface area contributed by atoms with E-state index in [0.717, 1.165) is 32.6 Å². The highest BCUT2D eigenvalue weighted by atomic mass is 35.5. The maximum Gasteiger partial charge on any atom is 0.231 e. The van der Waals surface area contributed by atoms with Gasteiger partial charge in [-0.1, -0.05) is 20.8 Å². The van der Waals surface area contributed by atoms with E-state index in [4.69, 9.17) is 11.6 Å².